The minimum Gasteiger partial charge on any atom is -0.464 e. The highest BCUT2D eigenvalue weighted by Gasteiger charge is 2.58. The van der Waals surface area contributed by atoms with Crippen LogP contribution in [0.1, 0.15) is 17.9 Å². The fourth-order valence-corrected chi connectivity index (χ4v) is 2.96. The largest absolute Gasteiger partial charge is 0.464 e. The molecule has 98 valence electrons. The molecule has 0 aromatic heterocycles. The van der Waals surface area contributed by atoms with E-state index in [9.17, 15) is 9.59 Å². The molecule has 0 radical (unpaired) electrons. The number of hydrogen-bond donors (Lipinski definition) is 1. The van der Waals surface area contributed by atoms with Crippen molar-refractivity contribution in [1.29, 1.82) is 0 Å². The number of carbonyl (C=O) groups is 2. The van der Waals surface area contributed by atoms with E-state index in [-0.39, 0.29) is 11.9 Å². The van der Waals surface area contributed by atoms with Crippen LogP contribution in [-0.2, 0) is 14.3 Å². The molecule has 2 aliphatic heterocycles. The van der Waals surface area contributed by atoms with E-state index in [0.717, 1.165) is 5.56 Å². The van der Waals surface area contributed by atoms with Crippen LogP contribution in [0.5, 0.6) is 0 Å². The minimum absolute atomic E-state index is 0.293. The van der Waals surface area contributed by atoms with Crippen LogP contribution in [0.15, 0.2) is 36.4 Å². The summed E-state index contributed by atoms with van der Waals surface area (Å²) in [6, 6.07) is 7.10. The zero-order chi connectivity index (χ0) is 13.6. The number of carbonyl (C=O) groups excluding carboxylic acids is 2. The molecule has 0 aliphatic carbocycles. The summed E-state index contributed by atoms with van der Waals surface area (Å²) in [6.07, 6.45) is 0.462. The molecule has 5 heteroatoms. The van der Waals surface area contributed by atoms with E-state index in [4.69, 9.17) is 16.3 Å². The molecule has 1 amide bonds. The Morgan fingerprint density at radius 3 is 2.58 bits per heavy atom. The Hall–Kier alpha value is -1.81. The number of cyclic esters (lactones) is 1. The van der Waals surface area contributed by atoms with Crippen LogP contribution in [0.2, 0.25) is 5.02 Å². The summed E-state index contributed by atoms with van der Waals surface area (Å²) in [4.78, 5) is 23.9. The lowest BCUT2D eigenvalue weighted by Gasteiger charge is -2.26. The first-order valence-electron chi connectivity index (χ1n) is 5.98. The van der Waals surface area contributed by atoms with Crippen molar-refractivity contribution in [1.82, 2.24) is 5.32 Å². The van der Waals surface area contributed by atoms with Crippen molar-refractivity contribution in [2.45, 2.75) is 17.9 Å². The third-order valence-corrected chi connectivity index (χ3v) is 4.02. The topological polar surface area (TPSA) is 55.4 Å². The highest BCUT2D eigenvalue weighted by atomic mass is 35.5. The molecule has 2 aliphatic rings. The van der Waals surface area contributed by atoms with E-state index in [1.165, 1.54) is 0 Å². The van der Waals surface area contributed by atoms with Gasteiger partial charge in [-0.2, -0.15) is 0 Å². The summed E-state index contributed by atoms with van der Waals surface area (Å²) in [6.45, 7) is 4.13. The number of hydrogen-bond acceptors (Lipinski definition) is 3. The van der Waals surface area contributed by atoms with Crippen LogP contribution in [0.3, 0.4) is 0 Å². The molecule has 1 aromatic rings. The van der Waals surface area contributed by atoms with Crippen molar-refractivity contribution in [3.63, 3.8) is 0 Å². The third kappa shape index (κ3) is 1.67. The van der Waals surface area contributed by atoms with Gasteiger partial charge in [-0.15, -0.1) is 0 Å². The Morgan fingerprint density at radius 1 is 1.32 bits per heavy atom. The number of amides is 1. The summed E-state index contributed by atoms with van der Waals surface area (Å²) in [5.74, 6) is -1.08. The second kappa shape index (κ2) is 4.10. The summed E-state index contributed by atoms with van der Waals surface area (Å²) >= 11 is 5.87. The first kappa shape index (κ1) is 12.2. The standard InChI is InChI=1S/C14H12ClNO3/c1-8-11(9-2-4-10(15)5-3-9)14(16-12(8)17)6-7-19-13(14)18/h2-5,11H,1,6-7H2,(H,16,17)/t11-,14-/m0/s1. The normalized spacial score (nSPS) is 29.7. The van der Waals surface area contributed by atoms with Gasteiger partial charge in [0, 0.05) is 22.9 Å². The predicted molar refractivity (Wildman–Crippen MR) is 69.8 cm³/mol. The lowest BCUT2D eigenvalue weighted by molar-refractivity contribution is -0.144. The Bertz CT molecular complexity index is 581. The van der Waals surface area contributed by atoms with Crippen molar-refractivity contribution in [3.05, 3.63) is 47.0 Å². The van der Waals surface area contributed by atoms with E-state index in [2.05, 4.69) is 11.9 Å². The van der Waals surface area contributed by atoms with Gasteiger partial charge in [0.1, 0.15) is 0 Å². The average Bonchev–Trinajstić information content (AvgIpc) is 2.85. The molecule has 1 N–H and O–H groups in total. The summed E-state index contributed by atoms with van der Waals surface area (Å²) in [5, 5.41) is 3.35. The zero-order valence-corrected chi connectivity index (χ0v) is 10.9. The molecule has 1 aromatic carbocycles. The maximum absolute atomic E-state index is 12.0. The van der Waals surface area contributed by atoms with E-state index in [1.54, 1.807) is 12.1 Å². The Morgan fingerprint density at radius 2 is 2.00 bits per heavy atom. The van der Waals surface area contributed by atoms with E-state index in [0.29, 0.717) is 23.6 Å². The maximum atomic E-state index is 12.0. The second-order valence-corrected chi connectivity index (χ2v) is 5.26. The fourth-order valence-electron chi connectivity index (χ4n) is 2.84. The number of esters is 1. The van der Waals surface area contributed by atoms with Gasteiger partial charge in [-0.05, 0) is 17.7 Å². The van der Waals surface area contributed by atoms with Crippen LogP contribution < -0.4 is 5.32 Å². The maximum Gasteiger partial charge on any atom is 0.333 e. The SMILES string of the molecule is C=C1C(=O)N[C@@]2(CCOC2=O)[C@@H]1c1ccc(Cl)cc1. The van der Waals surface area contributed by atoms with Gasteiger partial charge < -0.3 is 10.1 Å². The molecular weight excluding hydrogens is 266 g/mol. The zero-order valence-electron chi connectivity index (χ0n) is 10.1. The monoisotopic (exact) mass is 277 g/mol. The van der Waals surface area contributed by atoms with E-state index in [1.807, 2.05) is 12.1 Å². The second-order valence-electron chi connectivity index (χ2n) is 4.82. The molecule has 0 saturated carbocycles. The number of halogens is 1. The molecule has 2 saturated heterocycles. The first-order chi connectivity index (χ1) is 9.04. The molecular formula is C14H12ClNO3. The number of ether oxygens (including phenoxy) is 1. The average molecular weight is 278 g/mol. The molecule has 19 heavy (non-hydrogen) atoms. The van der Waals surface area contributed by atoms with Gasteiger partial charge >= 0.3 is 5.97 Å². The Labute approximate surface area is 115 Å². The van der Waals surface area contributed by atoms with Crippen LogP contribution in [-0.4, -0.2) is 24.0 Å². The van der Waals surface area contributed by atoms with Crippen molar-refractivity contribution in [2.75, 3.05) is 6.61 Å². The predicted octanol–water partition coefficient (Wildman–Crippen LogP) is 1.80. The Kier molecular flexibility index (Phi) is 2.64. The molecule has 2 heterocycles. The van der Waals surface area contributed by atoms with Crippen molar-refractivity contribution in [3.8, 4) is 0 Å². The van der Waals surface area contributed by atoms with Gasteiger partial charge in [0.2, 0.25) is 5.91 Å². The number of rotatable bonds is 1. The summed E-state index contributed by atoms with van der Waals surface area (Å²) in [5.41, 5.74) is 0.231. The van der Waals surface area contributed by atoms with Crippen LogP contribution in [0, 0.1) is 0 Å². The van der Waals surface area contributed by atoms with Gasteiger partial charge in [-0.3, -0.25) is 4.79 Å². The van der Waals surface area contributed by atoms with Crippen molar-refractivity contribution < 1.29 is 14.3 Å². The molecule has 0 unspecified atom stereocenters. The van der Waals surface area contributed by atoms with Crippen LogP contribution in [0.25, 0.3) is 0 Å². The lowest BCUT2D eigenvalue weighted by Crippen LogP contribution is -2.49. The number of benzene rings is 1. The minimum atomic E-state index is -0.998. The molecule has 0 bridgehead atoms. The van der Waals surface area contributed by atoms with Gasteiger partial charge in [0.25, 0.3) is 0 Å². The van der Waals surface area contributed by atoms with E-state index >= 15 is 0 Å². The molecule has 2 fully saturated rings. The molecule has 3 rings (SSSR count). The summed E-state index contributed by atoms with van der Waals surface area (Å²) < 4.78 is 5.04. The lowest BCUT2D eigenvalue weighted by atomic mass is 9.78. The molecule has 2 atom stereocenters. The fraction of sp³-hybridized carbons (Fsp3) is 0.286. The first-order valence-corrected chi connectivity index (χ1v) is 6.36. The Balaban J connectivity index is 2.10. The van der Waals surface area contributed by atoms with Gasteiger partial charge in [0.15, 0.2) is 5.54 Å². The quantitative estimate of drug-likeness (QED) is 0.629. The highest BCUT2D eigenvalue weighted by Crippen LogP contribution is 2.44. The van der Waals surface area contributed by atoms with Gasteiger partial charge in [-0.1, -0.05) is 30.3 Å². The van der Waals surface area contributed by atoms with Crippen LogP contribution in [0.4, 0.5) is 0 Å². The van der Waals surface area contributed by atoms with E-state index < -0.39 is 11.5 Å². The van der Waals surface area contributed by atoms with Crippen molar-refractivity contribution in [2.24, 2.45) is 0 Å². The molecule has 4 nitrogen and oxygen atoms in total. The summed E-state index contributed by atoms with van der Waals surface area (Å²) in [7, 11) is 0. The smallest absolute Gasteiger partial charge is 0.333 e. The van der Waals surface area contributed by atoms with Crippen molar-refractivity contribution >= 4 is 23.5 Å². The van der Waals surface area contributed by atoms with Gasteiger partial charge in [-0.25, -0.2) is 4.79 Å². The van der Waals surface area contributed by atoms with Gasteiger partial charge in [0.05, 0.1) is 6.61 Å². The third-order valence-electron chi connectivity index (χ3n) is 3.77. The number of nitrogens with one attached hydrogen (secondary N) is 1. The molecule has 1 spiro atoms. The van der Waals surface area contributed by atoms with Crippen LogP contribution >= 0.6 is 11.6 Å². The highest BCUT2D eigenvalue weighted by molar-refractivity contribution is 6.30.